The van der Waals surface area contributed by atoms with Gasteiger partial charge in [0.25, 0.3) is 0 Å². The Morgan fingerprint density at radius 1 is 1.26 bits per heavy atom. The van der Waals surface area contributed by atoms with Gasteiger partial charge < -0.3 is 4.74 Å². The van der Waals surface area contributed by atoms with Crippen LogP contribution in [-0.2, 0) is 10.2 Å². The summed E-state index contributed by atoms with van der Waals surface area (Å²) in [5, 5.41) is 11.4. The van der Waals surface area contributed by atoms with Crippen LogP contribution in [0.1, 0.15) is 40.2 Å². The fraction of sp³-hybridized carbons (Fsp3) is 0.538. The minimum atomic E-state index is -0.662. The molecule has 0 aliphatic carbocycles. The van der Waals surface area contributed by atoms with Crippen LogP contribution in [0.3, 0.4) is 0 Å². The van der Waals surface area contributed by atoms with Crippen LogP contribution in [0.25, 0.3) is 0 Å². The molecule has 0 aliphatic rings. The van der Waals surface area contributed by atoms with Gasteiger partial charge in [0.1, 0.15) is 5.60 Å². The lowest BCUT2D eigenvalue weighted by molar-refractivity contribution is 0.0634. The lowest BCUT2D eigenvalue weighted by Gasteiger charge is -2.19. The molecule has 1 aromatic rings. The van der Waals surface area contributed by atoms with E-state index in [-0.39, 0.29) is 5.95 Å². The number of nitrogens with zero attached hydrogens (tertiary/aromatic N) is 3. The third-order valence-corrected chi connectivity index (χ3v) is 2.27. The Bertz CT molecular complexity index is 495. The van der Waals surface area contributed by atoms with Crippen molar-refractivity contribution >= 4 is 12.0 Å². The van der Waals surface area contributed by atoms with E-state index >= 15 is 0 Å². The fourth-order valence-electron chi connectivity index (χ4n) is 1.17. The zero-order valence-electron chi connectivity index (χ0n) is 11.8. The van der Waals surface area contributed by atoms with Gasteiger partial charge in [0.05, 0.1) is 11.5 Å². The smallest absolute Gasteiger partial charge is 0.414 e. The third-order valence-electron chi connectivity index (χ3n) is 2.27. The summed E-state index contributed by atoms with van der Waals surface area (Å²) in [6.45, 7) is 8.85. The van der Waals surface area contributed by atoms with Gasteiger partial charge in [-0.1, -0.05) is 0 Å². The van der Waals surface area contributed by atoms with E-state index in [9.17, 15) is 4.79 Å². The lowest BCUT2D eigenvalue weighted by Crippen LogP contribution is -2.28. The van der Waals surface area contributed by atoms with Crippen molar-refractivity contribution in [3.05, 3.63) is 18.0 Å². The Balaban J connectivity index is 2.74. The summed E-state index contributed by atoms with van der Waals surface area (Å²) in [5.74, 6) is 0.145. The quantitative estimate of drug-likeness (QED) is 0.885. The molecule has 0 radical (unpaired) electrons. The molecule has 0 saturated heterocycles. The Morgan fingerprint density at radius 2 is 1.79 bits per heavy atom. The molecule has 102 valence electrons. The number of hydrogen-bond acceptors (Lipinski definition) is 5. The fourth-order valence-corrected chi connectivity index (χ4v) is 1.17. The Morgan fingerprint density at radius 3 is 2.21 bits per heavy atom. The van der Waals surface area contributed by atoms with E-state index in [1.807, 2.05) is 0 Å². The summed E-state index contributed by atoms with van der Waals surface area (Å²) in [5.41, 5.74) is -0.554. The Hall–Kier alpha value is -2.16. The first-order chi connectivity index (χ1) is 8.64. The minimum Gasteiger partial charge on any atom is -0.444 e. The topological polar surface area (TPSA) is 87.9 Å². The number of carbonyl (C=O) groups excluding carboxylic acids is 1. The second-order valence-corrected chi connectivity index (χ2v) is 5.66. The number of amides is 1. The number of aromatic nitrogens is 2. The number of carbonyl (C=O) groups is 1. The lowest BCUT2D eigenvalue weighted by atomic mass is 9.89. The van der Waals surface area contributed by atoms with Crippen molar-refractivity contribution < 1.29 is 9.53 Å². The van der Waals surface area contributed by atoms with Gasteiger partial charge >= 0.3 is 6.09 Å². The predicted octanol–water partition coefficient (Wildman–Crippen LogP) is 2.62. The maximum atomic E-state index is 11.5. The van der Waals surface area contributed by atoms with Crippen molar-refractivity contribution in [2.75, 3.05) is 5.32 Å². The number of rotatable bonds is 2. The molecule has 0 bridgehead atoms. The van der Waals surface area contributed by atoms with E-state index in [0.717, 1.165) is 0 Å². The summed E-state index contributed by atoms with van der Waals surface area (Å²) >= 11 is 0. The van der Waals surface area contributed by atoms with Gasteiger partial charge in [-0.25, -0.2) is 14.8 Å². The zero-order valence-corrected chi connectivity index (χ0v) is 11.8. The predicted molar refractivity (Wildman–Crippen MR) is 70.5 cm³/mol. The highest BCUT2D eigenvalue weighted by Gasteiger charge is 2.21. The third kappa shape index (κ3) is 4.54. The van der Waals surface area contributed by atoms with Crippen LogP contribution in [0, 0.1) is 11.3 Å². The van der Waals surface area contributed by atoms with Gasteiger partial charge in [-0.2, -0.15) is 5.26 Å². The maximum Gasteiger partial charge on any atom is 0.414 e. The van der Waals surface area contributed by atoms with Gasteiger partial charge in [0, 0.05) is 18.0 Å². The standard InChI is InChI=1S/C13H18N4O2/c1-12(2,3)19-11(18)17-10-15-6-9(7-16-10)13(4,5)8-14/h6-7H,1-5H3,(H,15,16,17,18). The van der Waals surface area contributed by atoms with E-state index in [4.69, 9.17) is 10.00 Å². The normalized spacial score (nSPS) is 11.6. The molecule has 1 heterocycles. The molecule has 0 saturated carbocycles. The van der Waals surface area contributed by atoms with Crippen molar-refractivity contribution in [2.45, 2.75) is 45.6 Å². The molecule has 0 aromatic carbocycles. The molecule has 1 amide bonds. The molecule has 0 spiro atoms. The van der Waals surface area contributed by atoms with Crippen LogP contribution in [0.4, 0.5) is 10.7 Å². The second kappa shape index (κ2) is 5.22. The van der Waals surface area contributed by atoms with Gasteiger partial charge in [-0.05, 0) is 34.6 Å². The van der Waals surface area contributed by atoms with Crippen molar-refractivity contribution in [1.29, 1.82) is 5.26 Å². The molecule has 1 rings (SSSR count). The SMILES string of the molecule is CC(C)(C)OC(=O)Nc1ncc(C(C)(C)C#N)cn1. The monoisotopic (exact) mass is 262 g/mol. The largest absolute Gasteiger partial charge is 0.444 e. The van der Waals surface area contributed by atoms with Gasteiger partial charge in [-0.3, -0.25) is 5.32 Å². The molecule has 0 aliphatic heterocycles. The molecule has 1 N–H and O–H groups in total. The summed E-state index contributed by atoms with van der Waals surface area (Å²) < 4.78 is 5.08. The minimum absolute atomic E-state index is 0.145. The van der Waals surface area contributed by atoms with Gasteiger partial charge in [0.2, 0.25) is 5.95 Å². The second-order valence-electron chi connectivity index (χ2n) is 5.66. The molecule has 6 nitrogen and oxygen atoms in total. The van der Waals surface area contributed by atoms with Crippen LogP contribution in [0.5, 0.6) is 0 Å². The molecular formula is C13H18N4O2. The highest BCUT2D eigenvalue weighted by atomic mass is 16.6. The van der Waals surface area contributed by atoms with Gasteiger partial charge in [-0.15, -0.1) is 0 Å². The molecular weight excluding hydrogens is 244 g/mol. The molecule has 19 heavy (non-hydrogen) atoms. The van der Waals surface area contributed by atoms with Crippen LogP contribution in [0.15, 0.2) is 12.4 Å². The first kappa shape index (κ1) is 14.9. The highest BCUT2D eigenvalue weighted by molar-refractivity contribution is 5.82. The zero-order chi connectivity index (χ0) is 14.7. The molecule has 6 heteroatoms. The van der Waals surface area contributed by atoms with E-state index in [2.05, 4.69) is 21.4 Å². The van der Waals surface area contributed by atoms with E-state index in [1.54, 1.807) is 34.6 Å². The van der Waals surface area contributed by atoms with Crippen molar-refractivity contribution in [3.8, 4) is 6.07 Å². The van der Waals surface area contributed by atoms with Gasteiger partial charge in [0.15, 0.2) is 0 Å². The van der Waals surface area contributed by atoms with Crippen LogP contribution in [0.2, 0.25) is 0 Å². The number of hydrogen-bond donors (Lipinski definition) is 1. The number of anilines is 1. The van der Waals surface area contributed by atoms with Crippen LogP contribution < -0.4 is 5.32 Å². The van der Waals surface area contributed by atoms with Crippen LogP contribution in [-0.4, -0.2) is 21.7 Å². The average molecular weight is 262 g/mol. The maximum absolute atomic E-state index is 11.5. The Labute approximate surface area is 112 Å². The summed E-state index contributed by atoms with van der Waals surface area (Å²) in [7, 11) is 0. The van der Waals surface area contributed by atoms with Crippen molar-refractivity contribution in [3.63, 3.8) is 0 Å². The van der Waals surface area contributed by atoms with Crippen molar-refractivity contribution in [2.24, 2.45) is 0 Å². The molecule has 1 aromatic heterocycles. The highest BCUT2D eigenvalue weighted by Crippen LogP contribution is 2.20. The summed E-state index contributed by atoms with van der Waals surface area (Å²) in [6, 6.07) is 2.16. The molecule has 0 fully saturated rings. The number of nitrogens with one attached hydrogen (secondary N) is 1. The Kier molecular flexibility index (Phi) is 4.10. The van der Waals surface area contributed by atoms with Crippen molar-refractivity contribution in [1.82, 2.24) is 9.97 Å². The van der Waals surface area contributed by atoms with Crippen LogP contribution >= 0.6 is 0 Å². The summed E-state index contributed by atoms with van der Waals surface area (Å²) in [4.78, 5) is 19.5. The molecule has 0 atom stereocenters. The van der Waals surface area contributed by atoms with E-state index in [0.29, 0.717) is 5.56 Å². The number of ether oxygens (including phenoxy) is 1. The number of nitriles is 1. The average Bonchev–Trinajstić information content (AvgIpc) is 2.27. The summed E-state index contributed by atoms with van der Waals surface area (Å²) in [6.07, 6.45) is 2.42. The first-order valence-corrected chi connectivity index (χ1v) is 5.88. The molecule has 0 unspecified atom stereocenters. The van der Waals surface area contributed by atoms with E-state index < -0.39 is 17.1 Å². The van der Waals surface area contributed by atoms with E-state index in [1.165, 1.54) is 12.4 Å². The first-order valence-electron chi connectivity index (χ1n) is 5.88.